The van der Waals surface area contributed by atoms with E-state index in [9.17, 15) is 9.59 Å². The third-order valence-corrected chi connectivity index (χ3v) is 6.58. The molecular formula is C25H30ClN9O3. The number of hydrogen-bond donors (Lipinski definition) is 1. The van der Waals surface area contributed by atoms with Gasteiger partial charge in [0.1, 0.15) is 11.9 Å². The standard InChI is InChI=1S/C25H30ClN9O3/c1-5-17(30-20-22-27-9-10-34(22)29-15-28-20)21-31-18-8-6-7-16(26)19(18)23(36)35(21)33-13-11-32(12-14-33)24(37)38-25(2,3)4/h6-10,15,17H,5,11-14H2,1-4H3,(H,28,29,30). The van der Waals surface area contributed by atoms with E-state index in [1.807, 2.05) is 32.7 Å². The highest BCUT2D eigenvalue weighted by Crippen LogP contribution is 2.26. The van der Waals surface area contributed by atoms with Crippen LogP contribution in [0.15, 0.2) is 41.7 Å². The fourth-order valence-corrected chi connectivity index (χ4v) is 4.73. The summed E-state index contributed by atoms with van der Waals surface area (Å²) in [6, 6.07) is 4.85. The van der Waals surface area contributed by atoms with Gasteiger partial charge in [0, 0.05) is 25.5 Å². The van der Waals surface area contributed by atoms with Crippen molar-refractivity contribution >= 4 is 40.1 Å². The van der Waals surface area contributed by atoms with Crippen LogP contribution in [0.2, 0.25) is 5.02 Å². The van der Waals surface area contributed by atoms with Gasteiger partial charge < -0.3 is 20.0 Å². The molecule has 5 rings (SSSR count). The maximum absolute atomic E-state index is 13.9. The van der Waals surface area contributed by atoms with E-state index in [-0.39, 0.29) is 17.7 Å². The zero-order valence-electron chi connectivity index (χ0n) is 21.8. The number of ether oxygens (including phenoxy) is 1. The Morgan fingerprint density at radius 3 is 2.66 bits per heavy atom. The summed E-state index contributed by atoms with van der Waals surface area (Å²) in [5, 5.41) is 10.2. The van der Waals surface area contributed by atoms with Crippen molar-refractivity contribution in [2.75, 3.05) is 36.5 Å². The smallest absolute Gasteiger partial charge is 0.410 e. The molecule has 1 atom stereocenters. The van der Waals surface area contributed by atoms with E-state index >= 15 is 0 Å². The van der Waals surface area contributed by atoms with Crippen molar-refractivity contribution in [1.29, 1.82) is 0 Å². The fraction of sp³-hybridized carbons (Fsp3) is 0.440. The minimum Gasteiger partial charge on any atom is -0.444 e. The summed E-state index contributed by atoms with van der Waals surface area (Å²) < 4.78 is 8.74. The number of nitrogens with zero attached hydrogens (tertiary/aromatic N) is 8. The molecule has 4 aromatic rings. The molecule has 0 radical (unpaired) electrons. The highest BCUT2D eigenvalue weighted by atomic mass is 35.5. The summed E-state index contributed by atoms with van der Waals surface area (Å²) in [6.45, 7) is 9.13. The number of imidazole rings is 1. The molecule has 3 aromatic heterocycles. The van der Waals surface area contributed by atoms with Crippen molar-refractivity contribution in [1.82, 2.24) is 34.1 Å². The molecule has 1 aromatic carbocycles. The van der Waals surface area contributed by atoms with Crippen molar-refractivity contribution < 1.29 is 9.53 Å². The molecule has 200 valence electrons. The number of benzene rings is 1. The number of aromatic nitrogens is 6. The lowest BCUT2D eigenvalue weighted by Gasteiger charge is -2.38. The minimum absolute atomic E-state index is 0.268. The lowest BCUT2D eigenvalue weighted by Crippen LogP contribution is -2.57. The van der Waals surface area contributed by atoms with Gasteiger partial charge in [-0.3, -0.25) is 4.79 Å². The predicted molar refractivity (Wildman–Crippen MR) is 144 cm³/mol. The third-order valence-electron chi connectivity index (χ3n) is 6.27. The number of rotatable bonds is 5. The molecule has 1 fully saturated rings. The van der Waals surface area contributed by atoms with Crippen LogP contribution in [0.3, 0.4) is 0 Å². The van der Waals surface area contributed by atoms with Gasteiger partial charge in [0.25, 0.3) is 5.56 Å². The van der Waals surface area contributed by atoms with Crippen molar-refractivity contribution in [3.8, 4) is 0 Å². The molecule has 1 aliphatic rings. The Morgan fingerprint density at radius 1 is 1.18 bits per heavy atom. The van der Waals surface area contributed by atoms with Crippen LogP contribution in [0.1, 0.15) is 46.0 Å². The van der Waals surface area contributed by atoms with Gasteiger partial charge >= 0.3 is 6.09 Å². The monoisotopic (exact) mass is 539 g/mol. The summed E-state index contributed by atoms with van der Waals surface area (Å²) in [4.78, 5) is 41.8. The normalized spacial score (nSPS) is 15.2. The van der Waals surface area contributed by atoms with Gasteiger partial charge in [0.15, 0.2) is 17.3 Å². The van der Waals surface area contributed by atoms with Gasteiger partial charge in [-0.25, -0.2) is 28.9 Å². The predicted octanol–water partition coefficient (Wildman–Crippen LogP) is 3.24. The summed E-state index contributed by atoms with van der Waals surface area (Å²) in [7, 11) is 0. The van der Waals surface area contributed by atoms with Crippen molar-refractivity contribution in [2.45, 2.75) is 45.8 Å². The lowest BCUT2D eigenvalue weighted by molar-refractivity contribution is 0.0231. The number of nitrogens with one attached hydrogen (secondary N) is 1. The minimum atomic E-state index is -0.585. The molecule has 0 spiro atoms. The first-order chi connectivity index (χ1) is 18.2. The summed E-state index contributed by atoms with van der Waals surface area (Å²) in [5.41, 5.74) is 0.221. The Balaban J connectivity index is 1.53. The largest absolute Gasteiger partial charge is 0.444 e. The Hall–Kier alpha value is -3.93. The highest BCUT2D eigenvalue weighted by molar-refractivity contribution is 6.35. The van der Waals surface area contributed by atoms with Crippen LogP contribution in [0.5, 0.6) is 0 Å². The second-order valence-corrected chi connectivity index (χ2v) is 10.5. The molecule has 0 bridgehead atoms. The van der Waals surface area contributed by atoms with Gasteiger partial charge in [-0.1, -0.05) is 24.6 Å². The van der Waals surface area contributed by atoms with Gasteiger partial charge in [-0.05, 0) is 39.3 Å². The number of amides is 1. The second-order valence-electron chi connectivity index (χ2n) is 10.1. The quantitative estimate of drug-likeness (QED) is 0.407. The van der Waals surface area contributed by atoms with Crippen LogP contribution >= 0.6 is 11.6 Å². The molecule has 0 aliphatic carbocycles. The lowest BCUT2D eigenvalue weighted by atomic mass is 10.1. The summed E-state index contributed by atoms with van der Waals surface area (Å²) in [5.74, 6) is 1.04. The SMILES string of the molecule is CCC(Nc1ncnn2ccnc12)c1nc2cccc(Cl)c2c(=O)n1N1CCN(C(=O)OC(C)(C)C)CC1. The number of hydrogen-bond acceptors (Lipinski definition) is 9. The van der Waals surface area contributed by atoms with Crippen LogP contribution in [0, 0.1) is 0 Å². The van der Waals surface area contributed by atoms with E-state index in [1.54, 1.807) is 44.7 Å². The van der Waals surface area contributed by atoms with E-state index in [4.69, 9.17) is 21.3 Å². The number of fused-ring (bicyclic) bond motifs is 2. The van der Waals surface area contributed by atoms with Crippen molar-refractivity contribution in [3.05, 3.63) is 58.1 Å². The molecule has 12 nitrogen and oxygen atoms in total. The molecule has 1 saturated heterocycles. The van der Waals surface area contributed by atoms with Crippen LogP contribution in [-0.2, 0) is 4.74 Å². The first-order valence-electron chi connectivity index (χ1n) is 12.5. The van der Waals surface area contributed by atoms with Gasteiger partial charge in [-0.15, -0.1) is 0 Å². The molecule has 1 N–H and O–H groups in total. The maximum atomic E-state index is 13.9. The van der Waals surface area contributed by atoms with Gasteiger partial charge in [0.05, 0.1) is 35.1 Å². The Labute approximate surface area is 224 Å². The van der Waals surface area contributed by atoms with Crippen molar-refractivity contribution in [3.63, 3.8) is 0 Å². The molecular weight excluding hydrogens is 510 g/mol. The topological polar surface area (TPSA) is 123 Å². The number of anilines is 1. The highest BCUT2D eigenvalue weighted by Gasteiger charge is 2.30. The summed E-state index contributed by atoms with van der Waals surface area (Å²) in [6.07, 6.45) is 5.06. The molecule has 1 aliphatic heterocycles. The number of piperazine rings is 1. The Morgan fingerprint density at radius 2 is 1.95 bits per heavy atom. The Bertz CT molecular complexity index is 1540. The van der Waals surface area contributed by atoms with Gasteiger partial charge in [0.2, 0.25) is 0 Å². The van der Waals surface area contributed by atoms with E-state index in [0.717, 1.165) is 0 Å². The molecule has 13 heteroatoms. The van der Waals surface area contributed by atoms with Gasteiger partial charge in [-0.2, -0.15) is 5.10 Å². The zero-order chi connectivity index (χ0) is 27.0. The fourth-order valence-electron chi connectivity index (χ4n) is 4.47. The maximum Gasteiger partial charge on any atom is 0.410 e. The molecule has 1 amide bonds. The molecule has 0 saturated carbocycles. The second kappa shape index (κ2) is 10.1. The van der Waals surface area contributed by atoms with E-state index in [0.29, 0.717) is 65.8 Å². The molecule has 1 unspecified atom stereocenters. The molecule has 38 heavy (non-hydrogen) atoms. The van der Waals surface area contributed by atoms with E-state index < -0.39 is 5.60 Å². The van der Waals surface area contributed by atoms with E-state index in [1.165, 1.54) is 6.33 Å². The van der Waals surface area contributed by atoms with Crippen LogP contribution < -0.4 is 15.9 Å². The first-order valence-corrected chi connectivity index (χ1v) is 12.9. The molecule has 4 heterocycles. The van der Waals surface area contributed by atoms with Crippen LogP contribution in [0.4, 0.5) is 10.6 Å². The number of halogens is 1. The average molecular weight is 540 g/mol. The Kier molecular flexibility index (Phi) is 6.82. The van der Waals surface area contributed by atoms with Crippen LogP contribution in [0.25, 0.3) is 16.6 Å². The zero-order valence-corrected chi connectivity index (χ0v) is 22.5. The number of carbonyl (C=O) groups excluding carboxylic acids is 1. The summed E-state index contributed by atoms with van der Waals surface area (Å²) >= 11 is 6.46. The average Bonchev–Trinajstić information content (AvgIpc) is 3.36. The van der Waals surface area contributed by atoms with E-state index in [2.05, 4.69) is 20.4 Å². The van der Waals surface area contributed by atoms with Crippen molar-refractivity contribution in [2.24, 2.45) is 0 Å². The van der Waals surface area contributed by atoms with Crippen LogP contribution in [-0.4, -0.2) is 72.0 Å². The first kappa shape index (κ1) is 25.7. The third kappa shape index (κ3) is 4.95. The number of carbonyl (C=O) groups is 1.